The molecule has 2 aliphatic rings. The smallest absolute Gasteiger partial charge is 0.227 e. The Bertz CT molecular complexity index is 808. The van der Waals surface area contributed by atoms with E-state index in [0.29, 0.717) is 24.7 Å². The molecule has 3 heterocycles. The molecule has 2 aromatic rings. The van der Waals surface area contributed by atoms with E-state index in [1.807, 2.05) is 27.3 Å². The molecule has 2 fully saturated rings. The second-order valence-corrected chi connectivity index (χ2v) is 9.15. The summed E-state index contributed by atoms with van der Waals surface area (Å²) in [6, 6.07) is 12.5. The van der Waals surface area contributed by atoms with Gasteiger partial charge in [-0.2, -0.15) is 11.3 Å². The summed E-state index contributed by atoms with van der Waals surface area (Å²) in [5, 5.41) is 4.07. The molecule has 1 aromatic heterocycles. The largest absolute Gasteiger partial charge is 0.368 e. The van der Waals surface area contributed by atoms with Gasteiger partial charge in [0, 0.05) is 51.4 Å². The Hall–Kier alpha value is -2.34. The Labute approximate surface area is 183 Å². The van der Waals surface area contributed by atoms with Crippen molar-refractivity contribution in [3.05, 3.63) is 52.7 Å². The van der Waals surface area contributed by atoms with Crippen LogP contribution in [0.4, 0.5) is 5.69 Å². The molecule has 2 amide bonds. The lowest BCUT2D eigenvalue weighted by Crippen LogP contribution is -2.48. The van der Waals surface area contributed by atoms with Crippen LogP contribution in [-0.4, -0.2) is 60.9 Å². The highest BCUT2D eigenvalue weighted by Crippen LogP contribution is 2.24. The number of para-hydroxylation sites is 1. The molecular formula is C24H31N3O2S. The van der Waals surface area contributed by atoms with Gasteiger partial charge < -0.3 is 14.7 Å². The van der Waals surface area contributed by atoms with Gasteiger partial charge in [-0.1, -0.05) is 18.2 Å². The summed E-state index contributed by atoms with van der Waals surface area (Å²) in [5.74, 6) is 1.09. The number of amides is 2. The van der Waals surface area contributed by atoms with Crippen molar-refractivity contribution in [2.45, 2.75) is 32.1 Å². The second-order valence-electron chi connectivity index (χ2n) is 8.37. The van der Waals surface area contributed by atoms with Crippen LogP contribution < -0.4 is 4.90 Å². The van der Waals surface area contributed by atoms with E-state index in [0.717, 1.165) is 64.1 Å². The van der Waals surface area contributed by atoms with Gasteiger partial charge in [0.1, 0.15) is 0 Å². The summed E-state index contributed by atoms with van der Waals surface area (Å²) in [6.07, 6.45) is 4.14. The molecule has 160 valence electrons. The predicted molar refractivity (Wildman–Crippen MR) is 122 cm³/mol. The quantitative estimate of drug-likeness (QED) is 0.710. The van der Waals surface area contributed by atoms with Crippen molar-refractivity contribution >= 4 is 28.8 Å². The number of hydrogen-bond acceptors (Lipinski definition) is 4. The van der Waals surface area contributed by atoms with Crippen LogP contribution in [-0.2, 0) is 16.0 Å². The van der Waals surface area contributed by atoms with Gasteiger partial charge >= 0.3 is 0 Å². The molecule has 0 N–H and O–H groups in total. The molecule has 5 nitrogen and oxygen atoms in total. The maximum absolute atomic E-state index is 12.7. The Morgan fingerprint density at radius 2 is 1.57 bits per heavy atom. The highest BCUT2D eigenvalue weighted by Gasteiger charge is 2.25. The van der Waals surface area contributed by atoms with Crippen molar-refractivity contribution in [1.29, 1.82) is 0 Å². The van der Waals surface area contributed by atoms with Crippen molar-refractivity contribution < 1.29 is 9.59 Å². The van der Waals surface area contributed by atoms with Gasteiger partial charge in [0.15, 0.2) is 0 Å². The number of carbonyl (C=O) groups is 2. The van der Waals surface area contributed by atoms with Gasteiger partial charge in [-0.25, -0.2) is 0 Å². The zero-order valence-electron chi connectivity index (χ0n) is 17.5. The van der Waals surface area contributed by atoms with E-state index in [-0.39, 0.29) is 5.91 Å². The molecule has 0 spiro atoms. The molecule has 2 aliphatic heterocycles. The van der Waals surface area contributed by atoms with E-state index >= 15 is 0 Å². The van der Waals surface area contributed by atoms with Crippen LogP contribution in [0.1, 0.15) is 31.2 Å². The lowest BCUT2D eigenvalue weighted by atomic mass is 9.91. The summed E-state index contributed by atoms with van der Waals surface area (Å²) in [4.78, 5) is 31.5. The first-order valence-corrected chi connectivity index (χ1v) is 12.0. The van der Waals surface area contributed by atoms with Crippen LogP contribution in [0.15, 0.2) is 47.2 Å². The average Bonchev–Trinajstić information content (AvgIpc) is 3.31. The van der Waals surface area contributed by atoms with Crippen LogP contribution in [0.25, 0.3) is 0 Å². The monoisotopic (exact) mass is 425 g/mol. The SMILES string of the molecule is O=C(CCC1CCN(C(=O)Cc2ccsc2)CC1)N1CCN(c2ccccc2)CC1. The summed E-state index contributed by atoms with van der Waals surface area (Å²) in [7, 11) is 0. The Kier molecular flexibility index (Phi) is 7.05. The third-order valence-corrected chi connectivity index (χ3v) is 7.15. The molecule has 0 unspecified atom stereocenters. The highest BCUT2D eigenvalue weighted by atomic mass is 32.1. The maximum atomic E-state index is 12.7. The zero-order valence-corrected chi connectivity index (χ0v) is 18.4. The van der Waals surface area contributed by atoms with Gasteiger partial charge in [0.25, 0.3) is 0 Å². The molecule has 30 heavy (non-hydrogen) atoms. The molecular weight excluding hydrogens is 394 g/mol. The summed E-state index contributed by atoms with van der Waals surface area (Å²) in [6.45, 7) is 5.09. The predicted octanol–water partition coefficient (Wildman–Crippen LogP) is 3.66. The van der Waals surface area contributed by atoms with Crippen molar-refractivity contribution in [3.63, 3.8) is 0 Å². The summed E-state index contributed by atoms with van der Waals surface area (Å²) < 4.78 is 0. The number of thiophene rings is 1. The van der Waals surface area contributed by atoms with Gasteiger partial charge in [0.2, 0.25) is 11.8 Å². The minimum Gasteiger partial charge on any atom is -0.368 e. The van der Waals surface area contributed by atoms with Gasteiger partial charge in [-0.3, -0.25) is 9.59 Å². The lowest BCUT2D eigenvalue weighted by Gasteiger charge is -2.36. The Balaban J connectivity index is 1.14. The molecule has 2 saturated heterocycles. The number of hydrogen-bond donors (Lipinski definition) is 0. The summed E-state index contributed by atoms with van der Waals surface area (Å²) in [5.41, 5.74) is 2.36. The van der Waals surface area contributed by atoms with Gasteiger partial charge in [0.05, 0.1) is 6.42 Å². The van der Waals surface area contributed by atoms with Crippen LogP contribution in [0.3, 0.4) is 0 Å². The van der Waals surface area contributed by atoms with E-state index in [1.165, 1.54) is 5.69 Å². The minimum atomic E-state index is 0.235. The Morgan fingerprint density at radius 3 is 2.23 bits per heavy atom. The van der Waals surface area contributed by atoms with E-state index in [2.05, 4.69) is 34.5 Å². The van der Waals surface area contributed by atoms with E-state index < -0.39 is 0 Å². The van der Waals surface area contributed by atoms with Crippen molar-refractivity contribution in [2.75, 3.05) is 44.2 Å². The van der Waals surface area contributed by atoms with E-state index in [4.69, 9.17) is 0 Å². The number of rotatable bonds is 6. The minimum absolute atomic E-state index is 0.235. The number of benzene rings is 1. The fraction of sp³-hybridized carbons (Fsp3) is 0.500. The fourth-order valence-electron chi connectivity index (χ4n) is 4.49. The highest BCUT2D eigenvalue weighted by molar-refractivity contribution is 7.08. The molecule has 4 rings (SSSR count). The molecule has 0 aliphatic carbocycles. The van der Waals surface area contributed by atoms with Crippen LogP contribution >= 0.6 is 11.3 Å². The summed E-state index contributed by atoms with van der Waals surface area (Å²) >= 11 is 1.64. The second kappa shape index (κ2) is 10.1. The van der Waals surface area contributed by atoms with Crippen molar-refractivity contribution in [1.82, 2.24) is 9.80 Å². The number of piperazine rings is 1. The molecule has 0 bridgehead atoms. The standard InChI is InChI=1S/C24H31N3O2S/c28-23(27-15-13-25(14-16-27)22-4-2-1-3-5-22)7-6-20-8-11-26(12-9-20)24(29)18-21-10-17-30-19-21/h1-5,10,17,19-20H,6-9,11-16,18H2. The first-order chi connectivity index (χ1) is 14.7. The first-order valence-electron chi connectivity index (χ1n) is 11.1. The normalized spacial score (nSPS) is 17.9. The third kappa shape index (κ3) is 5.42. The van der Waals surface area contributed by atoms with Crippen LogP contribution in [0.5, 0.6) is 0 Å². The maximum Gasteiger partial charge on any atom is 0.227 e. The number of nitrogens with zero attached hydrogens (tertiary/aromatic N) is 3. The molecule has 6 heteroatoms. The van der Waals surface area contributed by atoms with Gasteiger partial charge in [-0.05, 0) is 59.7 Å². The average molecular weight is 426 g/mol. The van der Waals surface area contributed by atoms with Crippen molar-refractivity contribution in [2.24, 2.45) is 5.92 Å². The van der Waals surface area contributed by atoms with Gasteiger partial charge in [-0.15, -0.1) is 0 Å². The Morgan fingerprint density at radius 1 is 0.867 bits per heavy atom. The number of piperidine rings is 1. The van der Waals surface area contributed by atoms with Crippen LogP contribution in [0.2, 0.25) is 0 Å². The number of likely N-dealkylation sites (tertiary alicyclic amines) is 1. The molecule has 0 atom stereocenters. The topological polar surface area (TPSA) is 43.9 Å². The lowest BCUT2D eigenvalue weighted by molar-refractivity contribution is -0.133. The van der Waals surface area contributed by atoms with Crippen LogP contribution in [0, 0.1) is 5.92 Å². The number of carbonyl (C=O) groups excluding carboxylic acids is 2. The first kappa shape index (κ1) is 20.9. The van der Waals surface area contributed by atoms with E-state index in [9.17, 15) is 9.59 Å². The molecule has 1 aromatic carbocycles. The third-order valence-electron chi connectivity index (χ3n) is 6.42. The number of anilines is 1. The zero-order chi connectivity index (χ0) is 20.8. The van der Waals surface area contributed by atoms with Crippen molar-refractivity contribution in [3.8, 4) is 0 Å². The molecule has 0 saturated carbocycles. The van der Waals surface area contributed by atoms with E-state index in [1.54, 1.807) is 11.3 Å². The fourth-order valence-corrected chi connectivity index (χ4v) is 5.16. The molecule has 0 radical (unpaired) electrons.